The van der Waals surface area contributed by atoms with Crippen LogP contribution in [0.3, 0.4) is 0 Å². The molecule has 0 aliphatic carbocycles. The van der Waals surface area contributed by atoms with Gasteiger partial charge in [-0.15, -0.1) is 0 Å². The number of halogens is 2. The Labute approximate surface area is 209 Å². The molecule has 4 nitrogen and oxygen atoms in total. The molecule has 34 heavy (non-hydrogen) atoms. The molecule has 1 atom stereocenters. The Hall–Kier alpha value is -2.79. The van der Waals surface area contributed by atoms with Crippen molar-refractivity contribution in [3.63, 3.8) is 0 Å². The van der Waals surface area contributed by atoms with Crippen LogP contribution < -0.4 is 0 Å². The van der Waals surface area contributed by atoms with Crippen molar-refractivity contribution >= 4 is 40.0 Å². The summed E-state index contributed by atoms with van der Waals surface area (Å²) in [6.07, 6.45) is 0.919. The number of carbonyl (C=O) groups is 1. The van der Waals surface area contributed by atoms with E-state index in [0.29, 0.717) is 23.2 Å². The van der Waals surface area contributed by atoms with E-state index in [2.05, 4.69) is 23.2 Å². The molecule has 1 aliphatic rings. The lowest BCUT2D eigenvalue weighted by Gasteiger charge is -2.27. The maximum absolute atomic E-state index is 13.6. The van der Waals surface area contributed by atoms with Gasteiger partial charge in [0.05, 0.1) is 22.9 Å². The van der Waals surface area contributed by atoms with Crippen molar-refractivity contribution in [2.45, 2.75) is 32.4 Å². The summed E-state index contributed by atoms with van der Waals surface area (Å²) in [6.45, 7) is 5.24. The number of nitrogens with zero attached hydrogens (tertiary/aromatic N) is 1. The highest BCUT2D eigenvalue weighted by Crippen LogP contribution is 2.46. The number of fused-ring (bicyclic) bond motifs is 2. The molecule has 1 aromatic heterocycles. The SMILES string of the molecule is CC(C)OCCCN1C(=O)c2ccccc2C1c1c(-c2ccc(Cl)cc2Cl)[nH]c2ccccc12. The maximum atomic E-state index is 13.6. The van der Waals surface area contributed by atoms with E-state index in [1.165, 1.54) is 0 Å². The van der Waals surface area contributed by atoms with Gasteiger partial charge in [-0.3, -0.25) is 4.79 Å². The minimum atomic E-state index is -0.236. The number of ether oxygens (including phenoxy) is 1. The molecule has 3 aromatic carbocycles. The lowest BCUT2D eigenvalue weighted by molar-refractivity contribution is 0.0605. The van der Waals surface area contributed by atoms with Crippen molar-refractivity contribution in [3.05, 3.63) is 93.5 Å². The summed E-state index contributed by atoms with van der Waals surface area (Å²) in [4.78, 5) is 19.1. The molecule has 5 rings (SSSR count). The number of nitrogens with one attached hydrogen (secondary N) is 1. The first-order valence-electron chi connectivity index (χ1n) is 11.5. The largest absolute Gasteiger partial charge is 0.379 e. The zero-order valence-corrected chi connectivity index (χ0v) is 20.7. The molecule has 0 radical (unpaired) electrons. The fraction of sp³-hybridized carbons (Fsp3) is 0.250. The van der Waals surface area contributed by atoms with E-state index in [1.807, 2.05) is 61.2 Å². The fourth-order valence-corrected chi connectivity index (χ4v) is 5.32. The molecule has 0 spiro atoms. The second-order valence-electron chi connectivity index (χ2n) is 8.84. The van der Waals surface area contributed by atoms with Gasteiger partial charge in [0.15, 0.2) is 0 Å². The van der Waals surface area contributed by atoms with Crippen LogP contribution in [0.5, 0.6) is 0 Å². The molecule has 4 aromatic rings. The number of benzene rings is 3. The van der Waals surface area contributed by atoms with E-state index >= 15 is 0 Å². The quantitative estimate of drug-likeness (QED) is 0.271. The van der Waals surface area contributed by atoms with Crippen molar-refractivity contribution in [2.75, 3.05) is 13.2 Å². The topological polar surface area (TPSA) is 45.3 Å². The molecule has 0 fully saturated rings. The lowest BCUT2D eigenvalue weighted by atomic mass is 9.93. The maximum Gasteiger partial charge on any atom is 0.255 e. The molecule has 0 bridgehead atoms. The summed E-state index contributed by atoms with van der Waals surface area (Å²) >= 11 is 12.9. The Morgan fingerprint density at radius 2 is 1.76 bits per heavy atom. The van der Waals surface area contributed by atoms with Gasteiger partial charge in [-0.25, -0.2) is 0 Å². The molecule has 1 amide bonds. The number of para-hydroxylation sites is 1. The molecule has 1 aliphatic heterocycles. The van der Waals surface area contributed by atoms with Crippen LogP contribution in [0.25, 0.3) is 22.2 Å². The van der Waals surface area contributed by atoms with Gasteiger partial charge in [-0.1, -0.05) is 59.6 Å². The van der Waals surface area contributed by atoms with Gasteiger partial charge in [0, 0.05) is 45.8 Å². The minimum Gasteiger partial charge on any atom is -0.379 e. The second-order valence-corrected chi connectivity index (χ2v) is 9.69. The van der Waals surface area contributed by atoms with Crippen molar-refractivity contribution in [1.29, 1.82) is 0 Å². The van der Waals surface area contributed by atoms with Crippen LogP contribution in [0.1, 0.15) is 47.8 Å². The average molecular weight is 493 g/mol. The van der Waals surface area contributed by atoms with Crippen molar-refractivity contribution < 1.29 is 9.53 Å². The van der Waals surface area contributed by atoms with E-state index in [0.717, 1.165) is 45.3 Å². The van der Waals surface area contributed by atoms with E-state index in [-0.39, 0.29) is 18.1 Å². The van der Waals surface area contributed by atoms with Crippen molar-refractivity contribution in [1.82, 2.24) is 9.88 Å². The molecular formula is C28H26Cl2N2O2. The van der Waals surface area contributed by atoms with Crippen LogP contribution >= 0.6 is 23.2 Å². The predicted molar refractivity (Wildman–Crippen MR) is 139 cm³/mol. The van der Waals surface area contributed by atoms with Crippen LogP contribution in [0, 0.1) is 0 Å². The normalized spacial score (nSPS) is 15.5. The summed E-state index contributed by atoms with van der Waals surface area (Å²) in [5.74, 6) is 0.0450. The van der Waals surface area contributed by atoms with Gasteiger partial charge in [0.1, 0.15) is 0 Å². The number of aromatic nitrogens is 1. The summed E-state index contributed by atoms with van der Waals surface area (Å²) in [5.41, 5.74) is 5.56. The first kappa shape index (κ1) is 23.0. The molecule has 0 saturated carbocycles. The van der Waals surface area contributed by atoms with Gasteiger partial charge >= 0.3 is 0 Å². The Morgan fingerprint density at radius 3 is 2.56 bits per heavy atom. The number of carbonyl (C=O) groups excluding carboxylic acids is 1. The molecule has 2 heterocycles. The van der Waals surface area contributed by atoms with Gasteiger partial charge in [-0.2, -0.15) is 0 Å². The monoisotopic (exact) mass is 492 g/mol. The molecule has 0 saturated heterocycles. The summed E-state index contributed by atoms with van der Waals surface area (Å²) in [5, 5.41) is 2.22. The number of rotatable bonds is 7. The van der Waals surface area contributed by atoms with Gasteiger partial charge in [0.25, 0.3) is 5.91 Å². The number of H-pyrrole nitrogens is 1. The van der Waals surface area contributed by atoms with E-state index in [1.54, 1.807) is 6.07 Å². The fourth-order valence-electron chi connectivity index (χ4n) is 4.82. The van der Waals surface area contributed by atoms with Gasteiger partial charge in [0.2, 0.25) is 0 Å². The van der Waals surface area contributed by atoms with Gasteiger partial charge in [-0.05, 0) is 56.2 Å². The highest BCUT2D eigenvalue weighted by atomic mass is 35.5. The molecular weight excluding hydrogens is 467 g/mol. The van der Waals surface area contributed by atoms with E-state index < -0.39 is 0 Å². The molecule has 1 unspecified atom stereocenters. The Morgan fingerprint density at radius 1 is 1.00 bits per heavy atom. The smallest absolute Gasteiger partial charge is 0.255 e. The Kier molecular flexibility index (Phi) is 6.39. The van der Waals surface area contributed by atoms with Crippen LogP contribution in [0.4, 0.5) is 0 Å². The zero-order chi connectivity index (χ0) is 23.8. The second kappa shape index (κ2) is 9.46. The lowest BCUT2D eigenvalue weighted by Crippen LogP contribution is -2.30. The number of hydrogen-bond donors (Lipinski definition) is 1. The van der Waals surface area contributed by atoms with Crippen LogP contribution in [0.2, 0.25) is 10.0 Å². The highest BCUT2D eigenvalue weighted by Gasteiger charge is 2.39. The van der Waals surface area contributed by atoms with E-state index in [9.17, 15) is 4.79 Å². The van der Waals surface area contributed by atoms with Crippen LogP contribution in [-0.2, 0) is 4.74 Å². The molecule has 1 N–H and O–H groups in total. The van der Waals surface area contributed by atoms with Crippen LogP contribution in [-0.4, -0.2) is 35.0 Å². The summed E-state index contributed by atoms with van der Waals surface area (Å²) < 4.78 is 5.76. The highest BCUT2D eigenvalue weighted by molar-refractivity contribution is 6.36. The standard InChI is InChI=1S/C28H26Cl2N2O2/c1-17(2)34-15-7-14-32-27(19-8-3-4-9-20(19)28(32)33)25-22-10-5-6-11-24(22)31-26(25)21-13-12-18(29)16-23(21)30/h3-6,8-13,16-17,27,31H,7,14-15H2,1-2H3. The molecule has 174 valence electrons. The minimum absolute atomic E-state index is 0.0450. The van der Waals surface area contributed by atoms with Crippen molar-refractivity contribution in [3.8, 4) is 11.3 Å². The number of amides is 1. The first-order valence-corrected chi connectivity index (χ1v) is 12.3. The van der Waals surface area contributed by atoms with Gasteiger partial charge < -0.3 is 14.6 Å². The third kappa shape index (κ3) is 4.11. The summed E-state index contributed by atoms with van der Waals surface area (Å²) in [6, 6.07) is 21.4. The third-order valence-corrected chi connectivity index (χ3v) is 6.82. The van der Waals surface area contributed by atoms with Crippen molar-refractivity contribution in [2.24, 2.45) is 0 Å². The number of hydrogen-bond acceptors (Lipinski definition) is 2. The Balaban J connectivity index is 1.67. The number of aromatic amines is 1. The summed E-state index contributed by atoms with van der Waals surface area (Å²) in [7, 11) is 0. The zero-order valence-electron chi connectivity index (χ0n) is 19.1. The van der Waals surface area contributed by atoms with E-state index in [4.69, 9.17) is 27.9 Å². The first-order chi connectivity index (χ1) is 16.5. The third-order valence-electron chi connectivity index (χ3n) is 6.27. The molecule has 6 heteroatoms. The Bertz CT molecular complexity index is 1360. The predicted octanol–water partition coefficient (Wildman–Crippen LogP) is 7.50. The average Bonchev–Trinajstić information content (AvgIpc) is 3.32. The van der Waals surface area contributed by atoms with Crippen LogP contribution in [0.15, 0.2) is 66.7 Å².